The third-order valence-corrected chi connectivity index (χ3v) is 5.96. The lowest BCUT2D eigenvalue weighted by atomic mass is 10.1. The van der Waals surface area contributed by atoms with E-state index in [-0.39, 0.29) is 12.3 Å². The molecule has 2 amide bonds. The molecule has 1 aliphatic heterocycles. The molecule has 1 saturated heterocycles. The normalized spacial score (nSPS) is 17.6. The molecule has 1 atom stereocenters. The van der Waals surface area contributed by atoms with Crippen LogP contribution in [0.15, 0.2) is 59.6 Å². The fraction of sp³-hybridized carbons (Fsp3) is 0.304. The number of aryl methyl sites for hydroxylation is 1. The topological polar surface area (TPSA) is 102 Å². The molecule has 3 rings (SSSR count). The van der Waals surface area contributed by atoms with Gasteiger partial charge in [0.25, 0.3) is 0 Å². The molecule has 1 aliphatic rings. The largest absolute Gasteiger partial charge is 0.462 e. The number of aliphatic imine (C=N–C) groups is 1. The Balaban J connectivity index is 1.76. The summed E-state index contributed by atoms with van der Waals surface area (Å²) in [5.74, 6) is -1.11. The van der Waals surface area contributed by atoms with Crippen molar-refractivity contribution in [3.8, 4) is 0 Å². The van der Waals surface area contributed by atoms with Gasteiger partial charge in [0.1, 0.15) is 0 Å². The molecule has 8 heteroatoms. The van der Waals surface area contributed by atoms with Gasteiger partial charge in [-0.15, -0.1) is 0 Å². The van der Waals surface area contributed by atoms with Gasteiger partial charge in [-0.1, -0.05) is 42.1 Å². The summed E-state index contributed by atoms with van der Waals surface area (Å²) in [5.41, 5.74) is 7.64. The van der Waals surface area contributed by atoms with Crippen LogP contribution in [0.5, 0.6) is 0 Å². The fourth-order valence-corrected chi connectivity index (χ4v) is 4.23. The Labute approximate surface area is 185 Å². The number of carbonyl (C=O) groups excluding carboxylic acids is 3. The summed E-state index contributed by atoms with van der Waals surface area (Å²) >= 11 is 1.20. The van der Waals surface area contributed by atoms with Gasteiger partial charge in [0, 0.05) is 13.0 Å². The van der Waals surface area contributed by atoms with Crippen LogP contribution < -0.4 is 5.73 Å². The molecule has 1 fully saturated rings. The number of nitrogens with two attached hydrogens (primary N) is 1. The number of carbonyl (C=O) groups is 3. The van der Waals surface area contributed by atoms with E-state index in [4.69, 9.17) is 10.5 Å². The SMILES string of the molecule is CCOC(=O)c1ccc(N=C2S[C@@H](C(N)=O)CC(=O)N2CCCc2ccccc2)cc1. The zero-order valence-corrected chi connectivity index (χ0v) is 18.1. The van der Waals surface area contributed by atoms with Crippen molar-refractivity contribution < 1.29 is 19.1 Å². The smallest absolute Gasteiger partial charge is 0.338 e. The zero-order chi connectivity index (χ0) is 22.2. The number of amides is 2. The lowest BCUT2D eigenvalue weighted by Gasteiger charge is -2.31. The molecule has 0 aromatic heterocycles. The molecule has 0 saturated carbocycles. The van der Waals surface area contributed by atoms with Crippen LogP contribution in [0, 0.1) is 0 Å². The summed E-state index contributed by atoms with van der Waals surface area (Å²) in [5, 5.41) is -0.201. The minimum Gasteiger partial charge on any atom is -0.462 e. The molecule has 162 valence electrons. The number of hydrogen-bond donors (Lipinski definition) is 1. The first kappa shape index (κ1) is 22.6. The Kier molecular flexibility index (Phi) is 7.83. The summed E-state index contributed by atoms with van der Waals surface area (Å²) < 4.78 is 4.99. The molecule has 2 aromatic carbocycles. The van der Waals surface area contributed by atoms with Gasteiger partial charge in [0.15, 0.2) is 5.17 Å². The highest BCUT2D eigenvalue weighted by molar-refractivity contribution is 8.15. The van der Waals surface area contributed by atoms with E-state index in [1.54, 1.807) is 36.1 Å². The molecule has 0 aliphatic carbocycles. The fourth-order valence-electron chi connectivity index (χ4n) is 3.16. The molecule has 7 nitrogen and oxygen atoms in total. The summed E-state index contributed by atoms with van der Waals surface area (Å²) in [6.45, 7) is 2.54. The zero-order valence-electron chi connectivity index (χ0n) is 17.3. The third kappa shape index (κ3) is 6.18. The Bertz CT molecular complexity index is 961. The molecular weight excluding hydrogens is 414 g/mol. The van der Waals surface area contributed by atoms with Crippen molar-refractivity contribution in [2.45, 2.75) is 31.4 Å². The van der Waals surface area contributed by atoms with Crippen LogP contribution in [0.4, 0.5) is 5.69 Å². The Morgan fingerprint density at radius 3 is 2.52 bits per heavy atom. The van der Waals surface area contributed by atoms with Crippen molar-refractivity contribution >= 4 is 40.4 Å². The van der Waals surface area contributed by atoms with Crippen molar-refractivity contribution in [1.29, 1.82) is 0 Å². The van der Waals surface area contributed by atoms with E-state index in [2.05, 4.69) is 17.1 Å². The first-order chi connectivity index (χ1) is 15.0. The molecule has 0 spiro atoms. The van der Waals surface area contributed by atoms with Crippen LogP contribution in [0.3, 0.4) is 0 Å². The molecule has 0 bridgehead atoms. The van der Waals surface area contributed by atoms with Crippen molar-refractivity contribution in [3.63, 3.8) is 0 Å². The highest BCUT2D eigenvalue weighted by atomic mass is 32.2. The maximum Gasteiger partial charge on any atom is 0.338 e. The number of thioether (sulfide) groups is 1. The Hall–Kier alpha value is -3.13. The summed E-state index contributed by atoms with van der Waals surface area (Å²) in [6.07, 6.45) is 1.65. The number of nitrogens with zero attached hydrogens (tertiary/aromatic N) is 2. The van der Waals surface area contributed by atoms with Gasteiger partial charge < -0.3 is 10.5 Å². The summed E-state index contributed by atoms with van der Waals surface area (Å²) in [7, 11) is 0. The van der Waals surface area contributed by atoms with Crippen LogP contribution in [-0.2, 0) is 20.7 Å². The van der Waals surface area contributed by atoms with Crippen LogP contribution in [0.2, 0.25) is 0 Å². The second kappa shape index (κ2) is 10.8. The Morgan fingerprint density at radius 2 is 1.87 bits per heavy atom. The molecule has 2 N–H and O–H groups in total. The van der Waals surface area contributed by atoms with E-state index in [0.717, 1.165) is 12.8 Å². The van der Waals surface area contributed by atoms with E-state index >= 15 is 0 Å². The number of amidine groups is 1. The van der Waals surface area contributed by atoms with E-state index in [0.29, 0.717) is 29.6 Å². The van der Waals surface area contributed by atoms with Crippen molar-refractivity contribution in [2.24, 2.45) is 10.7 Å². The van der Waals surface area contributed by atoms with Crippen molar-refractivity contribution in [3.05, 3.63) is 65.7 Å². The van der Waals surface area contributed by atoms with Gasteiger partial charge in [0.2, 0.25) is 11.8 Å². The summed E-state index contributed by atoms with van der Waals surface area (Å²) in [4.78, 5) is 42.5. The molecule has 0 radical (unpaired) electrons. The van der Waals surface area contributed by atoms with Gasteiger partial charge in [-0.05, 0) is 49.6 Å². The standard InChI is InChI=1S/C23H25N3O4S/c1-2-30-22(29)17-10-12-18(13-11-17)25-23-26(20(27)15-19(31-23)21(24)28)14-6-9-16-7-4-3-5-8-16/h3-5,7-8,10-13,19H,2,6,9,14-15H2,1H3,(H2,24,28)/t19-/m1/s1. The summed E-state index contributed by atoms with van der Waals surface area (Å²) in [6, 6.07) is 16.7. The average Bonchev–Trinajstić information content (AvgIpc) is 2.76. The van der Waals surface area contributed by atoms with Crippen molar-refractivity contribution in [1.82, 2.24) is 4.90 Å². The number of primary amides is 1. The molecular formula is C23H25N3O4S. The van der Waals surface area contributed by atoms with Gasteiger partial charge in [0.05, 0.1) is 23.1 Å². The van der Waals surface area contributed by atoms with E-state index in [9.17, 15) is 14.4 Å². The maximum absolute atomic E-state index is 12.7. The third-order valence-electron chi connectivity index (χ3n) is 4.75. The van der Waals surface area contributed by atoms with Crippen molar-refractivity contribution in [2.75, 3.05) is 13.2 Å². The van der Waals surface area contributed by atoms with Crippen LogP contribution in [0.25, 0.3) is 0 Å². The first-order valence-electron chi connectivity index (χ1n) is 10.1. The Morgan fingerprint density at radius 1 is 1.16 bits per heavy atom. The van der Waals surface area contributed by atoms with Gasteiger partial charge in [-0.25, -0.2) is 9.79 Å². The number of benzene rings is 2. The highest BCUT2D eigenvalue weighted by Crippen LogP contribution is 2.29. The lowest BCUT2D eigenvalue weighted by Crippen LogP contribution is -2.46. The van der Waals surface area contributed by atoms with Gasteiger partial charge in [-0.3, -0.25) is 14.5 Å². The van der Waals surface area contributed by atoms with E-state index in [1.807, 2.05) is 18.2 Å². The quantitative estimate of drug-likeness (QED) is 0.636. The average molecular weight is 440 g/mol. The second-order valence-corrected chi connectivity index (χ2v) is 8.18. The molecule has 31 heavy (non-hydrogen) atoms. The van der Waals surface area contributed by atoms with Gasteiger partial charge >= 0.3 is 5.97 Å². The van der Waals surface area contributed by atoms with Crippen LogP contribution in [-0.4, -0.2) is 46.3 Å². The predicted octanol–water partition coefficient (Wildman–Crippen LogP) is 3.30. The predicted molar refractivity (Wildman–Crippen MR) is 121 cm³/mol. The van der Waals surface area contributed by atoms with E-state index in [1.165, 1.54) is 17.3 Å². The monoisotopic (exact) mass is 439 g/mol. The van der Waals surface area contributed by atoms with E-state index < -0.39 is 17.1 Å². The molecule has 2 aromatic rings. The molecule has 1 heterocycles. The number of ether oxygens (including phenoxy) is 1. The number of esters is 1. The minimum atomic E-state index is -0.643. The van der Waals surface area contributed by atoms with Crippen LogP contribution in [0.1, 0.15) is 35.7 Å². The molecule has 0 unspecified atom stereocenters. The van der Waals surface area contributed by atoms with Crippen LogP contribution >= 0.6 is 11.8 Å². The lowest BCUT2D eigenvalue weighted by molar-refractivity contribution is -0.129. The second-order valence-electron chi connectivity index (χ2n) is 7.01. The number of rotatable bonds is 8. The maximum atomic E-state index is 12.7. The number of hydrogen-bond acceptors (Lipinski definition) is 6. The minimum absolute atomic E-state index is 0.0617. The first-order valence-corrected chi connectivity index (χ1v) is 11.0. The van der Waals surface area contributed by atoms with Gasteiger partial charge in [-0.2, -0.15) is 0 Å². The highest BCUT2D eigenvalue weighted by Gasteiger charge is 2.34.